The molecule has 0 aliphatic rings. The number of nitrogens with zero attached hydrogens (tertiary/aromatic N) is 2. The average Bonchev–Trinajstić information content (AvgIpc) is 2.96. The number of carbonyl (C=O) groups excluding carboxylic acids is 1. The van der Waals surface area contributed by atoms with Gasteiger partial charge in [-0.15, -0.1) is 0 Å². The molecule has 2 aromatic heterocycles. The van der Waals surface area contributed by atoms with Crippen LogP contribution in [0.1, 0.15) is 16.2 Å². The molecule has 0 amide bonds. The third-order valence-electron chi connectivity index (χ3n) is 4.05. The van der Waals surface area contributed by atoms with Gasteiger partial charge in [0.15, 0.2) is 18.1 Å². The van der Waals surface area contributed by atoms with Crippen molar-refractivity contribution in [2.45, 2.75) is 6.18 Å². The number of methoxy groups -OCH3 is 1. The van der Waals surface area contributed by atoms with E-state index in [2.05, 4.69) is 0 Å². The highest BCUT2D eigenvalue weighted by Crippen LogP contribution is 2.41. The molecule has 4 nitrogen and oxygen atoms in total. The van der Waals surface area contributed by atoms with E-state index in [1.165, 1.54) is 24.0 Å². The maximum atomic E-state index is 13.9. The van der Waals surface area contributed by atoms with E-state index in [0.29, 0.717) is 5.56 Å². The molecule has 0 bridgehead atoms. The van der Waals surface area contributed by atoms with Crippen LogP contribution < -0.4 is 4.57 Å². The van der Waals surface area contributed by atoms with E-state index in [1.54, 1.807) is 48.5 Å². The molecule has 0 aliphatic heterocycles. The zero-order chi connectivity index (χ0) is 18.9. The molecule has 3 aromatic rings. The fraction of sp³-hybridized carbons (Fsp3) is 0.158. The van der Waals surface area contributed by atoms with Gasteiger partial charge in [0.05, 0.1) is 12.7 Å². The second kappa shape index (κ2) is 6.67. The fourth-order valence-electron chi connectivity index (χ4n) is 3.01. The number of carbonyl (C=O) groups is 1. The van der Waals surface area contributed by atoms with E-state index in [9.17, 15) is 18.0 Å². The molecule has 0 N–H and O–H groups in total. The number of ether oxygens (including phenoxy) is 1. The maximum Gasteiger partial charge on any atom is 0.438 e. The average molecular weight is 361 g/mol. The highest BCUT2D eigenvalue weighted by Gasteiger charge is 2.46. The Hall–Kier alpha value is -3.09. The van der Waals surface area contributed by atoms with Crippen LogP contribution in [0, 0.1) is 0 Å². The Morgan fingerprint density at radius 1 is 1.04 bits per heavy atom. The summed E-state index contributed by atoms with van der Waals surface area (Å²) in [5.41, 5.74) is -0.536. The van der Waals surface area contributed by atoms with Crippen LogP contribution >= 0.6 is 0 Å². The minimum absolute atomic E-state index is 0.118. The first kappa shape index (κ1) is 17.7. The molecule has 0 spiro atoms. The molecule has 1 aromatic carbocycles. The van der Waals surface area contributed by atoms with Gasteiger partial charge in [-0.25, -0.2) is 4.79 Å². The number of esters is 1. The molecule has 0 atom stereocenters. The van der Waals surface area contributed by atoms with Gasteiger partial charge >= 0.3 is 12.1 Å². The molecule has 0 saturated heterocycles. The van der Waals surface area contributed by atoms with Gasteiger partial charge in [0, 0.05) is 19.2 Å². The topological polar surface area (TPSA) is 35.1 Å². The molecule has 0 unspecified atom stereocenters. The van der Waals surface area contributed by atoms with Crippen molar-refractivity contribution >= 4 is 5.97 Å². The van der Waals surface area contributed by atoms with Crippen LogP contribution in [0.5, 0.6) is 0 Å². The van der Waals surface area contributed by atoms with Crippen LogP contribution in [0.2, 0.25) is 0 Å². The smallest absolute Gasteiger partial charge is 0.438 e. The Morgan fingerprint density at radius 2 is 1.62 bits per heavy atom. The van der Waals surface area contributed by atoms with Crippen molar-refractivity contribution in [1.82, 2.24) is 4.57 Å². The van der Waals surface area contributed by atoms with Gasteiger partial charge in [0.1, 0.15) is 5.69 Å². The molecule has 0 saturated carbocycles. The predicted octanol–water partition coefficient (Wildman–Crippen LogP) is 3.77. The van der Waals surface area contributed by atoms with Crippen molar-refractivity contribution in [2.24, 2.45) is 7.05 Å². The van der Waals surface area contributed by atoms with Gasteiger partial charge in [-0.2, -0.15) is 17.7 Å². The van der Waals surface area contributed by atoms with Gasteiger partial charge in [-0.3, -0.25) is 0 Å². The summed E-state index contributed by atoms with van der Waals surface area (Å²) in [5.74, 6) is -0.834. The number of aromatic nitrogens is 2. The molecule has 2 heterocycles. The van der Waals surface area contributed by atoms with Crippen molar-refractivity contribution in [2.75, 3.05) is 7.11 Å². The normalized spacial score (nSPS) is 11.4. The molecule has 0 aliphatic carbocycles. The summed E-state index contributed by atoms with van der Waals surface area (Å²) < 4.78 is 48.6. The van der Waals surface area contributed by atoms with Gasteiger partial charge < -0.3 is 9.30 Å². The van der Waals surface area contributed by atoms with Crippen LogP contribution in [0.4, 0.5) is 13.2 Å². The predicted molar refractivity (Wildman–Crippen MR) is 88.7 cm³/mol. The zero-order valence-electron chi connectivity index (χ0n) is 14.1. The van der Waals surface area contributed by atoms with Crippen molar-refractivity contribution in [3.8, 4) is 16.8 Å². The van der Waals surface area contributed by atoms with E-state index in [1.807, 2.05) is 0 Å². The summed E-state index contributed by atoms with van der Waals surface area (Å²) in [5, 5.41) is 0. The maximum absolute atomic E-state index is 13.9. The van der Waals surface area contributed by atoms with Crippen molar-refractivity contribution in [1.29, 1.82) is 0 Å². The van der Waals surface area contributed by atoms with Crippen molar-refractivity contribution in [3.63, 3.8) is 0 Å². The number of pyridine rings is 1. The monoisotopic (exact) mass is 361 g/mol. The van der Waals surface area contributed by atoms with Crippen LogP contribution in [-0.2, 0) is 18.0 Å². The largest absolute Gasteiger partial charge is 0.464 e. The summed E-state index contributed by atoms with van der Waals surface area (Å²) in [6.07, 6.45) is -1.64. The summed E-state index contributed by atoms with van der Waals surface area (Å²) >= 11 is 0. The minimum atomic E-state index is -4.66. The first-order valence-electron chi connectivity index (χ1n) is 7.76. The number of alkyl halides is 3. The summed E-state index contributed by atoms with van der Waals surface area (Å²) in [4.78, 5) is 12.3. The summed E-state index contributed by atoms with van der Waals surface area (Å²) in [6, 6.07) is 13.4. The van der Waals surface area contributed by atoms with E-state index < -0.39 is 17.8 Å². The molecule has 134 valence electrons. The van der Waals surface area contributed by atoms with Gasteiger partial charge in [-0.1, -0.05) is 36.4 Å². The number of hydrogen-bond donors (Lipinski definition) is 0. The first-order chi connectivity index (χ1) is 12.4. The Balaban J connectivity index is 2.49. The fourth-order valence-corrected chi connectivity index (χ4v) is 3.01. The number of hydrogen-bond acceptors (Lipinski definition) is 2. The quantitative estimate of drug-likeness (QED) is 0.526. The van der Waals surface area contributed by atoms with E-state index in [4.69, 9.17) is 4.74 Å². The van der Waals surface area contributed by atoms with E-state index in [0.717, 1.165) is 11.7 Å². The number of halogens is 3. The van der Waals surface area contributed by atoms with Crippen molar-refractivity contribution < 1.29 is 27.3 Å². The summed E-state index contributed by atoms with van der Waals surface area (Å²) in [7, 11) is 2.36. The SMILES string of the molecule is COC(=O)c1c(-c2ccccc2)c(-[n+]2ccccc2)c(C(F)(F)F)n1C. The van der Waals surface area contributed by atoms with Crippen molar-refractivity contribution in [3.05, 3.63) is 72.3 Å². The Kier molecular flexibility index (Phi) is 4.54. The minimum Gasteiger partial charge on any atom is -0.464 e. The highest BCUT2D eigenvalue weighted by atomic mass is 19.4. The van der Waals surface area contributed by atoms with Gasteiger partial charge in [0.25, 0.3) is 0 Å². The Morgan fingerprint density at radius 3 is 2.15 bits per heavy atom. The first-order valence-corrected chi connectivity index (χ1v) is 7.76. The lowest BCUT2D eigenvalue weighted by molar-refractivity contribution is -0.596. The van der Waals surface area contributed by atoms with Crippen LogP contribution in [0.3, 0.4) is 0 Å². The molecule has 7 heteroatoms. The Labute approximate surface area is 148 Å². The number of benzene rings is 1. The second-order valence-corrected chi connectivity index (χ2v) is 5.62. The third kappa shape index (κ3) is 2.96. The Bertz CT molecular complexity index is 933. The molecular formula is C19H16F3N2O2+. The highest BCUT2D eigenvalue weighted by molar-refractivity contribution is 5.99. The lowest BCUT2D eigenvalue weighted by atomic mass is 10.0. The lowest BCUT2D eigenvalue weighted by Crippen LogP contribution is -2.33. The molecular weight excluding hydrogens is 345 g/mol. The third-order valence-corrected chi connectivity index (χ3v) is 4.05. The molecule has 26 heavy (non-hydrogen) atoms. The van der Waals surface area contributed by atoms with E-state index in [-0.39, 0.29) is 16.9 Å². The lowest BCUT2D eigenvalue weighted by Gasteiger charge is -2.09. The molecule has 0 fully saturated rings. The van der Waals surface area contributed by atoms with Crippen LogP contribution in [0.15, 0.2) is 60.9 Å². The molecule has 3 rings (SSSR count). The zero-order valence-corrected chi connectivity index (χ0v) is 14.1. The number of rotatable bonds is 3. The van der Waals surface area contributed by atoms with E-state index >= 15 is 0 Å². The second-order valence-electron chi connectivity index (χ2n) is 5.62. The van der Waals surface area contributed by atoms with Gasteiger partial charge in [-0.05, 0) is 5.56 Å². The molecule has 0 radical (unpaired) electrons. The standard InChI is InChI=1S/C19H16F3N2O2/c1-23-16(18(25)26-2)14(13-9-5-3-6-10-13)15(17(23)19(20,21)22)24-11-7-4-8-12-24/h3-12H,1-2H3/q+1. The van der Waals surface area contributed by atoms with Crippen LogP contribution in [-0.4, -0.2) is 17.6 Å². The summed E-state index contributed by atoms with van der Waals surface area (Å²) in [6.45, 7) is 0. The van der Waals surface area contributed by atoms with Crippen LogP contribution in [0.25, 0.3) is 16.8 Å². The van der Waals surface area contributed by atoms with Gasteiger partial charge in [0.2, 0.25) is 5.69 Å².